The van der Waals surface area contributed by atoms with Gasteiger partial charge < -0.3 is 10.8 Å². The molecule has 0 aromatic heterocycles. The first kappa shape index (κ1) is 6.36. The Morgan fingerprint density at radius 3 is 2.43 bits per heavy atom. The van der Waals surface area contributed by atoms with Crippen molar-refractivity contribution >= 4 is 5.97 Å². The van der Waals surface area contributed by atoms with Crippen molar-refractivity contribution in [2.75, 3.05) is 6.67 Å². The van der Waals surface area contributed by atoms with Crippen LogP contribution >= 0.6 is 0 Å². The molecule has 0 aliphatic rings. The lowest BCUT2D eigenvalue weighted by atomic mass is 10.4. The van der Waals surface area contributed by atoms with Crippen molar-refractivity contribution in [3.63, 3.8) is 0 Å². The lowest BCUT2D eigenvalue weighted by molar-refractivity contribution is -0.138. The normalized spacial score (nSPS) is 13.4. The van der Waals surface area contributed by atoms with Crippen molar-refractivity contribution in [2.45, 2.75) is 6.04 Å². The van der Waals surface area contributed by atoms with Gasteiger partial charge in [0.15, 0.2) is 0 Å². The van der Waals surface area contributed by atoms with E-state index in [1.165, 1.54) is 0 Å². The molecule has 4 heteroatoms. The minimum atomic E-state index is -1.35. The van der Waals surface area contributed by atoms with Gasteiger partial charge in [0.2, 0.25) is 0 Å². The fourth-order valence-electron chi connectivity index (χ4n) is 0.0660. The van der Waals surface area contributed by atoms with Crippen molar-refractivity contribution in [2.24, 2.45) is 5.73 Å². The quantitative estimate of drug-likeness (QED) is 0.492. The van der Waals surface area contributed by atoms with Crippen LogP contribution in [0.3, 0.4) is 0 Å². The Labute approximate surface area is 39.9 Å². The zero-order chi connectivity index (χ0) is 5.86. The molecule has 0 heterocycles. The predicted molar refractivity (Wildman–Crippen MR) is 21.6 cm³/mol. The second-order valence-corrected chi connectivity index (χ2v) is 1.10. The summed E-state index contributed by atoms with van der Waals surface area (Å²) >= 11 is 0. The van der Waals surface area contributed by atoms with Crippen molar-refractivity contribution in [1.29, 1.82) is 0 Å². The molecule has 0 amide bonds. The first-order valence-corrected chi connectivity index (χ1v) is 1.73. The summed E-state index contributed by atoms with van der Waals surface area (Å²) in [6.45, 7) is -1.00. The lowest BCUT2D eigenvalue weighted by Gasteiger charge is -1.94. The molecule has 1 unspecified atom stereocenters. The summed E-state index contributed by atoms with van der Waals surface area (Å²) in [4.78, 5) is 9.57. The van der Waals surface area contributed by atoms with Crippen LogP contribution in [-0.4, -0.2) is 23.8 Å². The lowest BCUT2D eigenvalue weighted by Crippen LogP contribution is -2.31. The highest BCUT2D eigenvalue weighted by molar-refractivity contribution is 5.73. The highest BCUT2D eigenvalue weighted by Gasteiger charge is 2.08. The molecule has 3 nitrogen and oxygen atoms in total. The largest absolute Gasteiger partial charge is 0.480 e. The number of carboxylic acids is 1. The molecule has 0 rings (SSSR count). The molecule has 7 heavy (non-hydrogen) atoms. The third-order valence-electron chi connectivity index (χ3n) is 0.483. The number of carbonyl (C=O) groups is 1. The molecular weight excluding hydrogens is 100 g/mol. The van der Waals surface area contributed by atoms with Crippen LogP contribution in [0.4, 0.5) is 4.39 Å². The zero-order valence-corrected chi connectivity index (χ0v) is 3.60. The molecule has 0 radical (unpaired) electrons. The summed E-state index contributed by atoms with van der Waals surface area (Å²) in [6, 6.07) is -1.35. The molecule has 0 aliphatic carbocycles. The van der Waals surface area contributed by atoms with Crippen molar-refractivity contribution in [1.82, 2.24) is 0 Å². The van der Waals surface area contributed by atoms with E-state index in [4.69, 9.17) is 5.11 Å². The second-order valence-electron chi connectivity index (χ2n) is 1.10. The third kappa shape index (κ3) is 2.11. The van der Waals surface area contributed by atoms with Crippen LogP contribution in [0.5, 0.6) is 0 Å². The van der Waals surface area contributed by atoms with Gasteiger partial charge in [0, 0.05) is 0 Å². The van der Waals surface area contributed by atoms with Crippen molar-refractivity contribution in [3.8, 4) is 0 Å². The number of carboxylic acid groups (broad SMARTS) is 1. The number of hydrogen-bond acceptors (Lipinski definition) is 2. The Balaban J connectivity index is 3.34. The Bertz CT molecular complexity index is 75.3. The van der Waals surface area contributed by atoms with Gasteiger partial charge in [0.25, 0.3) is 0 Å². The van der Waals surface area contributed by atoms with E-state index in [1.807, 2.05) is 0 Å². The third-order valence-corrected chi connectivity index (χ3v) is 0.483. The fraction of sp³-hybridized carbons (Fsp3) is 0.667. The predicted octanol–water partition coefficient (Wildman–Crippen LogP) is -0.632. The summed E-state index contributed by atoms with van der Waals surface area (Å²) in [5, 5.41) is 7.82. The molecule has 0 fully saturated rings. The average molecular weight is 106 g/mol. The number of hydrogen-bond donors (Lipinski definition) is 2. The molecule has 0 saturated heterocycles. The molecule has 1 atom stereocenters. The van der Waals surface area contributed by atoms with Crippen LogP contribution < -0.4 is 5.73 Å². The SMILES string of the molecule is NC(C[18F])C(=O)O. The first-order chi connectivity index (χ1) is 3.18. The van der Waals surface area contributed by atoms with Crippen LogP contribution in [0.25, 0.3) is 0 Å². The van der Waals surface area contributed by atoms with Gasteiger partial charge in [-0.3, -0.25) is 4.79 Å². The Morgan fingerprint density at radius 1 is 2.00 bits per heavy atom. The van der Waals surface area contributed by atoms with E-state index in [-0.39, 0.29) is 0 Å². The van der Waals surface area contributed by atoms with E-state index in [0.29, 0.717) is 0 Å². The fourth-order valence-corrected chi connectivity index (χ4v) is 0.0660. The highest BCUT2D eigenvalue weighted by Crippen LogP contribution is 1.76. The van der Waals surface area contributed by atoms with Crippen LogP contribution in [0.1, 0.15) is 0 Å². The molecule has 0 aliphatic heterocycles. The molecule has 3 N–H and O–H groups in total. The summed E-state index contributed by atoms with van der Waals surface area (Å²) in [7, 11) is 0. The monoisotopic (exact) mass is 106 g/mol. The number of alkyl halides is 1. The van der Waals surface area contributed by atoms with E-state index in [0.717, 1.165) is 0 Å². The van der Waals surface area contributed by atoms with Crippen molar-refractivity contribution < 1.29 is 14.3 Å². The molecule has 0 aromatic rings. The van der Waals surface area contributed by atoms with E-state index in [1.54, 1.807) is 0 Å². The number of halogens is 1. The summed E-state index contributed by atoms with van der Waals surface area (Å²) in [6.07, 6.45) is 0. The number of rotatable bonds is 2. The maximum Gasteiger partial charge on any atom is 0.323 e. The van der Waals surface area contributed by atoms with Gasteiger partial charge in [-0.15, -0.1) is 0 Å². The second kappa shape index (κ2) is 2.52. The highest BCUT2D eigenvalue weighted by atomic mass is 18.2. The summed E-state index contributed by atoms with van der Waals surface area (Å²) < 4.78 is 11.1. The van der Waals surface area contributed by atoms with Gasteiger partial charge >= 0.3 is 5.97 Å². The summed E-state index contributed by atoms with van der Waals surface area (Å²) in [5.41, 5.74) is 4.64. The van der Waals surface area contributed by atoms with Crippen molar-refractivity contribution in [3.05, 3.63) is 0 Å². The van der Waals surface area contributed by atoms with E-state index in [9.17, 15) is 9.18 Å². The molecule has 0 spiro atoms. The van der Waals surface area contributed by atoms with E-state index in [2.05, 4.69) is 5.73 Å². The molecule has 0 saturated carbocycles. The number of nitrogens with two attached hydrogens (primary N) is 1. The molecular formula is C3H6FNO2. The topological polar surface area (TPSA) is 63.3 Å². The van der Waals surface area contributed by atoms with Crippen LogP contribution in [0.15, 0.2) is 0 Å². The minimum Gasteiger partial charge on any atom is -0.480 e. The van der Waals surface area contributed by atoms with E-state index >= 15 is 0 Å². The Morgan fingerprint density at radius 2 is 2.43 bits per heavy atom. The number of aliphatic carboxylic acids is 1. The smallest absolute Gasteiger partial charge is 0.323 e. The van der Waals surface area contributed by atoms with E-state index < -0.39 is 18.7 Å². The van der Waals surface area contributed by atoms with Crippen LogP contribution in [-0.2, 0) is 4.79 Å². The van der Waals surface area contributed by atoms with Crippen LogP contribution in [0.2, 0.25) is 0 Å². The molecule has 0 aromatic carbocycles. The Hall–Kier alpha value is -0.640. The van der Waals surface area contributed by atoms with Gasteiger partial charge in [-0.2, -0.15) is 0 Å². The van der Waals surface area contributed by atoms with Gasteiger partial charge in [0.05, 0.1) is 0 Å². The molecule has 42 valence electrons. The minimum absolute atomic E-state index is 1.00. The Kier molecular flexibility index (Phi) is 2.29. The summed E-state index contributed by atoms with van der Waals surface area (Å²) in [5.74, 6) is -1.30. The van der Waals surface area contributed by atoms with Gasteiger partial charge in [-0.05, 0) is 0 Å². The first-order valence-electron chi connectivity index (χ1n) is 1.73. The maximum atomic E-state index is 11.1. The van der Waals surface area contributed by atoms with Gasteiger partial charge in [-0.1, -0.05) is 0 Å². The van der Waals surface area contributed by atoms with Gasteiger partial charge in [0.1, 0.15) is 12.7 Å². The van der Waals surface area contributed by atoms with Gasteiger partial charge in [-0.25, -0.2) is 4.39 Å². The molecule has 0 bridgehead atoms. The average Bonchev–Trinajstić information content (AvgIpc) is 1.65. The van der Waals surface area contributed by atoms with Crippen LogP contribution in [0, 0.1) is 0 Å². The zero-order valence-electron chi connectivity index (χ0n) is 3.60. The standard InChI is InChI=1S/C3H6FNO2/c4-1-2(5)3(6)7/h2H,1,5H2,(H,6,7)/i4-1. The maximum absolute atomic E-state index is 11.1.